The summed E-state index contributed by atoms with van der Waals surface area (Å²) in [7, 11) is 1.68. The van der Waals surface area contributed by atoms with Crippen molar-refractivity contribution in [2.75, 3.05) is 12.4 Å². The number of aliphatic hydroxyl groups is 1. The van der Waals surface area contributed by atoms with E-state index in [4.69, 9.17) is 4.98 Å². The smallest absolute Gasteiger partial charge is 0.225 e. The second-order valence-electron chi connectivity index (χ2n) is 8.97. The minimum atomic E-state index is -0.961. The maximum atomic E-state index is 12.2. The van der Waals surface area contributed by atoms with Gasteiger partial charge in [0.2, 0.25) is 11.9 Å². The van der Waals surface area contributed by atoms with Crippen molar-refractivity contribution in [1.82, 2.24) is 25.1 Å². The average Bonchev–Trinajstić information content (AvgIpc) is 3.27. The summed E-state index contributed by atoms with van der Waals surface area (Å²) in [4.78, 5) is 21.4. The highest BCUT2D eigenvalue weighted by molar-refractivity contribution is 9.10. The van der Waals surface area contributed by atoms with E-state index in [-0.39, 0.29) is 17.4 Å². The molecule has 1 aromatic carbocycles. The Morgan fingerprint density at radius 3 is 2.87 bits per heavy atom. The minimum absolute atomic E-state index is 0.0712. The van der Waals surface area contributed by atoms with Crippen LogP contribution < -0.4 is 10.6 Å². The molecule has 3 aromatic rings. The number of aromatic nitrogens is 4. The third-order valence-corrected chi connectivity index (χ3v) is 6.61. The van der Waals surface area contributed by atoms with Crippen molar-refractivity contribution in [2.45, 2.75) is 51.7 Å². The molecule has 2 aromatic heterocycles. The van der Waals surface area contributed by atoms with Crippen LogP contribution in [0.5, 0.6) is 0 Å². The highest BCUT2D eigenvalue weighted by atomic mass is 79.9. The number of hydrogen-bond acceptors (Lipinski definition) is 6. The molecule has 2 heterocycles. The molecule has 0 aliphatic heterocycles. The summed E-state index contributed by atoms with van der Waals surface area (Å²) in [6.45, 7) is 5.50. The number of nitrogens with one attached hydrogen (secondary N) is 2. The van der Waals surface area contributed by atoms with E-state index in [1.807, 2.05) is 31.2 Å². The molecule has 31 heavy (non-hydrogen) atoms. The van der Waals surface area contributed by atoms with Gasteiger partial charge in [-0.1, -0.05) is 19.1 Å². The number of amides is 1. The summed E-state index contributed by atoms with van der Waals surface area (Å²) >= 11 is 3.50. The molecule has 1 aliphatic rings. The van der Waals surface area contributed by atoms with Gasteiger partial charge in [-0.25, -0.2) is 9.67 Å². The van der Waals surface area contributed by atoms with Gasteiger partial charge in [-0.05, 0) is 66.7 Å². The fourth-order valence-electron chi connectivity index (χ4n) is 4.19. The van der Waals surface area contributed by atoms with Gasteiger partial charge < -0.3 is 15.7 Å². The zero-order chi connectivity index (χ0) is 22.4. The Hall–Kier alpha value is -2.52. The normalized spacial score (nSPS) is 21.4. The van der Waals surface area contributed by atoms with E-state index in [1.165, 1.54) is 0 Å². The van der Waals surface area contributed by atoms with Crippen molar-refractivity contribution in [2.24, 2.45) is 5.41 Å². The zero-order valence-electron chi connectivity index (χ0n) is 18.1. The van der Waals surface area contributed by atoms with Crippen molar-refractivity contribution >= 4 is 38.8 Å². The van der Waals surface area contributed by atoms with E-state index in [9.17, 15) is 9.90 Å². The van der Waals surface area contributed by atoms with Crippen molar-refractivity contribution in [3.05, 3.63) is 40.6 Å². The predicted octanol–water partition coefficient (Wildman–Crippen LogP) is 3.52. The Morgan fingerprint density at radius 1 is 1.39 bits per heavy atom. The first-order valence-corrected chi connectivity index (χ1v) is 11.1. The number of hydrogen-bond donors (Lipinski definition) is 3. The Bertz CT molecular complexity index is 1140. The van der Waals surface area contributed by atoms with Gasteiger partial charge in [-0.3, -0.25) is 4.79 Å². The molecule has 164 valence electrons. The number of benzene rings is 1. The van der Waals surface area contributed by atoms with E-state index in [1.54, 1.807) is 31.8 Å². The molecule has 4 rings (SSSR count). The van der Waals surface area contributed by atoms with Gasteiger partial charge in [0.25, 0.3) is 0 Å². The third-order valence-electron chi connectivity index (χ3n) is 6.03. The molecule has 1 amide bonds. The van der Waals surface area contributed by atoms with Crippen molar-refractivity contribution in [1.29, 1.82) is 0 Å². The summed E-state index contributed by atoms with van der Waals surface area (Å²) in [5.74, 6) is 0.577. The lowest BCUT2D eigenvalue weighted by Gasteiger charge is -2.22. The molecule has 1 fully saturated rings. The average molecular weight is 487 g/mol. The topological polar surface area (TPSA) is 105 Å². The molecule has 1 unspecified atom stereocenters. The van der Waals surface area contributed by atoms with Gasteiger partial charge in [0.15, 0.2) is 5.65 Å². The SMILES string of the molecule is CNC(=O)C1(C)CC[C@@H](Nc2ncc3c(Br)nn(-c4cccc(C(C)(C)O)c4)c3n2)C1. The number of carbonyl (C=O) groups excluding carboxylic acids is 1. The number of rotatable bonds is 5. The second-order valence-corrected chi connectivity index (χ2v) is 9.72. The fourth-order valence-corrected chi connectivity index (χ4v) is 4.63. The Labute approximate surface area is 189 Å². The summed E-state index contributed by atoms with van der Waals surface area (Å²) in [5, 5.41) is 21.9. The number of nitrogens with zero attached hydrogens (tertiary/aromatic N) is 4. The van der Waals surface area contributed by atoms with Crippen LogP contribution in [0.25, 0.3) is 16.7 Å². The molecule has 3 N–H and O–H groups in total. The van der Waals surface area contributed by atoms with Crippen molar-refractivity contribution in [3.8, 4) is 5.69 Å². The summed E-state index contributed by atoms with van der Waals surface area (Å²) in [6.07, 6.45) is 4.16. The molecule has 1 saturated carbocycles. The molecule has 1 aliphatic carbocycles. The van der Waals surface area contributed by atoms with E-state index >= 15 is 0 Å². The maximum Gasteiger partial charge on any atom is 0.225 e. The van der Waals surface area contributed by atoms with E-state index in [2.05, 4.69) is 36.6 Å². The Kier molecular flexibility index (Phi) is 5.51. The van der Waals surface area contributed by atoms with E-state index < -0.39 is 5.60 Å². The van der Waals surface area contributed by atoms with Crippen LogP contribution in [0.3, 0.4) is 0 Å². The number of fused-ring (bicyclic) bond motifs is 1. The highest BCUT2D eigenvalue weighted by Gasteiger charge is 2.41. The minimum Gasteiger partial charge on any atom is -0.386 e. The molecule has 0 saturated heterocycles. The quantitative estimate of drug-likeness (QED) is 0.509. The molecule has 8 nitrogen and oxygen atoms in total. The van der Waals surface area contributed by atoms with Crippen LogP contribution in [0.15, 0.2) is 35.1 Å². The van der Waals surface area contributed by atoms with Crippen LogP contribution in [0, 0.1) is 5.41 Å². The van der Waals surface area contributed by atoms with Crippen LogP contribution in [-0.2, 0) is 10.4 Å². The lowest BCUT2D eigenvalue weighted by molar-refractivity contribution is -0.129. The van der Waals surface area contributed by atoms with E-state index in [0.717, 1.165) is 35.9 Å². The molecule has 0 bridgehead atoms. The van der Waals surface area contributed by atoms with Crippen LogP contribution in [0.2, 0.25) is 0 Å². The lowest BCUT2D eigenvalue weighted by Crippen LogP contribution is -2.35. The number of halogens is 1. The lowest BCUT2D eigenvalue weighted by atomic mass is 9.87. The highest BCUT2D eigenvalue weighted by Crippen LogP contribution is 2.39. The molecule has 0 radical (unpaired) electrons. The van der Waals surface area contributed by atoms with Gasteiger partial charge in [0.05, 0.1) is 16.7 Å². The standard InChI is InChI=1S/C22H27BrN6O2/c1-21(2,31)13-6-5-7-15(10-13)29-18-16(17(23)28-29)12-25-20(27-18)26-14-8-9-22(3,11-14)19(30)24-4/h5-7,10,12,14,31H,8-9,11H2,1-4H3,(H,24,30)(H,25,26,27)/t14-,22?/m1/s1. The maximum absolute atomic E-state index is 12.2. The van der Waals surface area contributed by atoms with Gasteiger partial charge in [-0.2, -0.15) is 10.1 Å². The Morgan fingerprint density at radius 2 is 2.16 bits per heavy atom. The number of anilines is 1. The summed E-state index contributed by atoms with van der Waals surface area (Å²) < 4.78 is 2.39. The van der Waals surface area contributed by atoms with Gasteiger partial charge >= 0.3 is 0 Å². The molecule has 0 spiro atoms. The fraction of sp³-hybridized carbons (Fsp3) is 0.455. The number of carbonyl (C=O) groups is 1. The predicted molar refractivity (Wildman–Crippen MR) is 123 cm³/mol. The molecule has 9 heteroatoms. The zero-order valence-corrected chi connectivity index (χ0v) is 19.7. The van der Waals surface area contributed by atoms with Crippen LogP contribution >= 0.6 is 15.9 Å². The second kappa shape index (κ2) is 7.87. The Balaban J connectivity index is 1.65. The van der Waals surface area contributed by atoms with E-state index in [0.29, 0.717) is 16.2 Å². The third kappa shape index (κ3) is 4.16. The molecular weight excluding hydrogens is 460 g/mol. The van der Waals surface area contributed by atoms with Gasteiger partial charge in [-0.15, -0.1) is 0 Å². The first kappa shape index (κ1) is 21.7. The molecular formula is C22H27BrN6O2. The van der Waals surface area contributed by atoms with Gasteiger partial charge in [0, 0.05) is 24.7 Å². The van der Waals surface area contributed by atoms with Gasteiger partial charge in [0.1, 0.15) is 4.60 Å². The summed E-state index contributed by atoms with van der Waals surface area (Å²) in [5.41, 5.74) is 0.908. The van der Waals surface area contributed by atoms with Crippen LogP contribution in [0.1, 0.15) is 45.6 Å². The van der Waals surface area contributed by atoms with Crippen molar-refractivity contribution < 1.29 is 9.90 Å². The molecule has 2 atom stereocenters. The van der Waals surface area contributed by atoms with Crippen LogP contribution in [-0.4, -0.2) is 43.9 Å². The summed E-state index contributed by atoms with van der Waals surface area (Å²) in [6, 6.07) is 7.73. The first-order chi connectivity index (χ1) is 14.6. The first-order valence-electron chi connectivity index (χ1n) is 10.3. The monoisotopic (exact) mass is 486 g/mol. The largest absolute Gasteiger partial charge is 0.386 e. The van der Waals surface area contributed by atoms with Crippen LogP contribution in [0.4, 0.5) is 5.95 Å². The van der Waals surface area contributed by atoms with Crippen molar-refractivity contribution in [3.63, 3.8) is 0 Å².